The first-order valence-corrected chi connectivity index (χ1v) is 8.41. The third-order valence-corrected chi connectivity index (χ3v) is 5.10. The van der Waals surface area contributed by atoms with Gasteiger partial charge in [0.1, 0.15) is 9.88 Å². The number of likely N-dealkylation sites (tertiary alicyclic amines) is 1. The Bertz CT molecular complexity index is 651. The second-order valence-corrected chi connectivity index (χ2v) is 6.72. The molecule has 2 aromatic rings. The number of pyridine rings is 1. The van der Waals surface area contributed by atoms with Crippen LogP contribution in [0.25, 0.3) is 10.6 Å². The van der Waals surface area contributed by atoms with Gasteiger partial charge in [-0.3, -0.25) is 9.78 Å². The normalized spacial score (nSPS) is 18.2. The van der Waals surface area contributed by atoms with Gasteiger partial charge in [-0.1, -0.05) is 0 Å². The fourth-order valence-electron chi connectivity index (χ4n) is 2.90. The molecule has 8 heteroatoms. The molecule has 1 aliphatic heterocycles. The van der Waals surface area contributed by atoms with Crippen molar-refractivity contribution in [2.45, 2.75) is 38.3 Å². The Labute approximate surface area is 158 Å². The van der Waals surface area contributed by atoms with Crippen LogP contribution in [0.1, 0.15) is 35.9 Å². The maximum atomic E-state index is 12.8. The van der Waals surface area contributed by atoms with Crippen molar-refractivity contribution >= 4 is 42.1 Å². The number of piperidine rings is 1. The molecule has 0 saturated carbocycles. The number of hydrogen-bond donors (Lipinski definition) is 1. The molecule has 2 unspecified atom stereocenters. The van der Waals surface area contributed by atoms with E-state index in [1.807, 2.05) is 24.0 Å². The summed E-state index contributed by atoms with van der Waals surface area (Å²) in [5, 5.41) is 0.847. The Morgan fingerprint density at radius 1 is 1.33 bits per heavy atom. The Hall–Kier alpha value is -1.21. The second kappa shape index (κ2) is 9.32. The van der Waals surface area contributed by atoms with E-state index in [9.17, 15) is 4.79 Å². The summed E-state index contributed by atoms with van der Waals surface area (Å²) in [6, 6.07) is 3.93. The summed E-state index contributed by atoms with van der Waals surface area (Å²) >= 11 is 1.43. The number of nitrogens with zero attached hydrogens (tertiary/aromatic N) is 3. The van der Waals surface area contributed by atoms with Gasteiger partial charge in [0.15, 0.2) is 0 Å². The van der Waals surface area contributed by atoms with Crippen LogP contribution in [0.2, 0.25) is 0 Å². The van der Waals surface area contributed by atoms with E-state index in [1.165, 1.54) is 11.3 Å². The van der Waals surface area contributed by atoms with Gasteiger partial charge in [0.05, 0.1) is 6.20 Å². The number of halogens is 2. The van der Waals surface area contributed by atoms with Crippen LogP contribution >= 0.6 is 36.2 Å². The smallest absolute Gasteiger partial charge is 0.265 e. The van der Waals surface area contributed by atoms with Gasteiger partial charge in [-0.25, -0.2) is 4.98 Å². The molecule has 0 aromatic carbocycles. The Kier molecular flexibility index (Phi) is 8.09. The van der Waals surface area contributed by atoms with Gasteiger partial charge >= 0.3 is 0 Å². The molecule has 2 N–H and O–H groups in total. The quantitative estimate of drug-likeness (QED) is 0.874. The van der Waals surface area contributed by atoms with Gasteiger partial charge in [0.25, 0.3) is 5.91 Å². The minimum atomic E-state index is -0.00293. The molecule has 0 aliphatic carbocycles. The average Bonchev–Trinajstić information content (AvgIpc) is 3.05. The summed E-state index contributed by atoms with van der Waals surface area (Å²) in [7, 11) is 0. The molecular formula is C16H22Cl2N4OS. The lowest BCUT2D eigenvalue weighted by molar-refractivity contribution is 0.0588. The summed E-state index contributed by atoms with van der Waals surface area (Å²) < 4.78 is 0. The summed E-state index contributed by atoms with van der Waals surface area (Å²) in [6.45, 7) is 2.76. The van der Waals surface area contributed by atoms with Gasteiger partial charge < -0.3 is 10.6 Å². The fourth-order valence-corrected chi connectivity index (χ4v) is 3.78. The zero-order valence-corrected chi connectivity index (χ0v) is 15.9. The number of amides is 1. The van der Waals surface area contributed by atoms with Gasteiger partial charge in [-0.2, -0.15) is 0 Å². The first-order valence-electron chi connectivity index (χ1n) is 7.59. The summed E-state index contributed by atoms with van der Waals surface area (Å²) in [6.07, 6.45) is 8.31. The highest BCUT2D eigenvalue weighted by Crippen LogP contribution is 2.28. The lowest BCUT2D eigenvalue weighted by Crippen LogP contribution is -2.51. The predicted octanol–water partition coefficient (Wildman–Crippen LogP) is 3.39. The highest BCUT2D eigenvalue weighted by molar-refractivity contribution is 7.16. The van der Waals surface area contributed by atoms with E-state index >= 15 is 0 Å². The number of rotatable bonds is 3. The molecule has 1 saturated heterocycles. The zero-order valence-electron chi connectivity index (χ0n) is 13.4. The molecule has 3 rings (SSSR count). The van der Waals surface area contributed by atoms with Gasteiger partial charge in [-0.15, -0.1) is 36.2 Å². The van der Waals surface area contributed by atoms with E-state index in [0.29, 0.717) is 4.88 Å². The van der Waals surface area contributed by atoms with Crippen LogP contribution in [0.5, 0.6) is 0 Å². The van der Waals surface area contributed by atoms with Crippen molar-refractivity contribution in [1.29, 1.82) is 0 Å². The lowest BCUT2D eigenvalue weighted by atomic mass is 9.97. The minimum absolute atomic E-state index is 0. The molecule has 0 bridgehead atoms. The molecular weight excluding hydrogens is 367 g/mol. The molecule has 132 valence electrons. The van der Waals surface area contributed by atoms with Crippen LogP contribution in [-0.2, 0) is 0 Å². The van der Waals surface area contributed by atoms with Crippen LogP contribution < -0.4 is 5.73 Å². The molecule has 1 amide bonds. The number of hydrogen-bond acceptors (Lipinski definition) is 5. The number of carbonyl (C=O) groups excluding carboxylic acids is 1. The van der Waals surface area contributed by atoms with Crippen molar-refractivity contribution < 1.29 is 4.79 Å². The molecule has 2 atom stereocenters. The van der Waals surface area contributed by atoms with Gasteiger partial charge in [0.2, 0.25) is 0 Å². The van der Waals surface area contributed by atoms with Gasteiger partial charge in [-0.05, 0) is 38.3 Å². The van der Waals surface area contributed by atoms with E-state index < -0.39 is 0 Å². The molecule has 3 heterocycles. The highest BCUT2D eigenvalue weighted by Gasteiger charge is 2.30. The van der Waals surface area contributed by atoms with Crippen molar-refractivity contribution in [2.24, 2.45) is 5.73 Å². The van der Waals surface area contributed by atoms with Crippen LogP contribution in [0.4, 0.5) is 0 Å². The molecule has 0 spiro atoms. The monoisotopic (exact) mass is 388 g/mol. The molecule has 5 nitrogen and oxygen atoms in total. The average molecular weight is 389 g/mol. The second-order valence-electron chi connectivity index (χ2n) is 5.69. The minimum Gasteiger partial charge on any atom is -0.333 e. The third-order valence-electron chi connectivity index (χ3n) is 4.06. The molecule has 2 aromatic heterocycles. The van der Waals surface area contributed by atoms with Crippen LogP contribution in [-0.4, -0.2) is 39.4 Å². The van der Waals surface area contributed by atoms with Crippen LogP contribution in [0, 0.1) is 0 Å². The molecule has 1 aliphatic rings. The number of aromatic nitrogens is 2. The standard InChI is InChI=1S/C16H20N4OS.2ClH/c1-11(17)13-4-2-3-9-20(13)16(21)14-10-19-15(22-14)12-5-7-18-8-6-12;;/h5-8,10-11,13H,2-4,9,17H2,1H3;2*1H. The van der Waals surface area contributed by atoms with Gasteiger partial charge in [0, 0.05) is 36.6 Å². The fraction of sp³-hybridized carbons (Fsp3) is 0.438. The van der Waals surface area contributed by atoms with E-state index in [2.05, 4.69) is 9.97 Å². The lowest BCUT2D eigenvalue weighted by Gasteiger charge is -2.37. The Balaban J connectivity index is 0.00000144. The number of nitrogens with two attached hydrogens (primary N) is 1. The Morgan fingerprint density at radius 3 is 2.71 bits per heavy atom. The summed E-state index contributed by atoms with van der Waals surface area (Å²) in [5.41, 5.74) is 7.04. The molecule has 0 radical (unpaired) electrons. The van der Waals surface area contributed by atoms with Crippen molar-refractivity contribution in [2.75, 3.05) is 6.54 Å². The maximum Gasteiger partial charge on any atom is 0.265 e. The predicted molar refractivity (Wildman–Crippen MR) is 102 cm³/mol. The SMILES string of the molecule is CC(N)C1CCCCN1C(=O)c1cnc(-c2ccncc2)s1.Cl.Cl. The summed E-state index contributed by atoms with van der Waals surface area (Å²) in [4.78, 5) is 23.8. The van der Waals surface area contributed by atoms with E-state index in [1.54, 1.807) is 18.6 Å². The van der Waals surface area contributed by atoms with Crippen LogP contribution in [0.15, 0.2) is 30.7 Å². The van der Waals surface area contributed by atoms with E-state index in [-0.39, 0.29) is 42.8 Å². The topological polar surface area (TPSA) is 72.1 Å². The van der Waals surface area contributed by atoms with Crippen molar-refractivity contribution in [3.63, 3.8) is 0 Å². The van der Waals surface area contributed by atoms with E-state index in [0.717, 1.165) is 36.4 Å². The molecule has 24 heavy (non-hydrogen) atoms. The first kappa shape index (κ1) is 20.8. The zero-order chi connectivity index (χ0) is 15.5. The molecule has 1 fully saturated rings. The van der Waals surface area contributed by atoms with Crippen molar-refractivity contribution in [1.82, 2.24) is 14.9 Å². The third kappa shape index (κ3) is 4.45. The summed E-state index contributed by atoms with van der Waals surface area (Å²) in [5.74, 6) is 0.0554. The maximum absolute atomic E-state index is 12.8. The number of carbonyl (C=O) groups is 1. The largest absolute Gasteiger partial charge is 0.333 e. The first-order chi connectivity index (χ1) is 10.7. The highest BCUT2D eigenvalue weighted by atomic mass is 35.5. The Morgan fingerprint density at radius 2 is 2.04 bits per heavy atom. The number of thiazole rings is 1. The van der Waals surface area contributed by atoms with Crippen LogP contribution in [0.3, 0.4) is 0 Å². The van der Waals surface area contributed by atoms with Crippen molar-refractivity contribution in [3.8, 4) is 10.6 Å². The van der Waals surface area contributed by atoms with E-state index in [4.69, 9.17) is 5.73 Å². The van der Waals surface area contributed by atoms with Crippen molar-refractivity contribution in [3.05, 3.63) is 35.6 Å².